The molecule has 34 heavy (non-hydrogen) atoms. The Hall–Kier alpha value is -2.82. The van der Waals surface area contributed by atoms with Crippen LogP contribution < -0.4 is 4.74 Å². The quantitative estimate of drug-likeness (QED) is 0.342. The van der Waals surface area contributed by atoms with Gasteiger partial charge in [-0.3, -0.25) is 9.69 Å². The summed E-state index contributed by atoms with van der Waals surface area (Å²) in [6, 6.07) is 16.3. The van der Waals surface area contributed by atoms with E-state index in [0.717, 1.165) is 42.9 Å². The fourth-order valence-corrected chi connectivity index (χ4v) is 4.33. The van der Waals surface area contributed by atoms with Crippen LogP contribution in [0.15, 0.2) is 83.9 Å². The molecule has 0 aliphatic carbocycles. The Bertz CT molecular complexity index is 993. The molecule has 1 aliphatic heterocycles. The van der Waals surface area contributed by atoms with Gasteiger partial charge in [0.05, 0.1) is 0 Å². The van der Waals surface area contributed by atoms with Crippen LogP contribution in [0, 0.1) is 5.92 Å². The van der Waals surface area contributed by atoms with Crippen molar-refractivity contribution in [2.45, 2.75) is 45.8 Å². The SMILES string of the molecule is C\C=C/C=C\C(=C\Cl)CC1CCN(Cc2ccc(COc3ccc(CCC(=O)O)cc3)cc2)C1. The molecule has 5 heteroatoms. The van der Waals surface area contributed by atoms with Gasteiger partial charge < -0.3 is 9.84 Å². The van der Waals surface area contributed by atoms with Gasteiger partial charge in [-0.1, -0.05) is 72.3 Å². The van der Waals surface area contributed by atoms with Gasteiger partial charge in [0.2, 0.25) is 0 Å². The van der Waals surface area contributed by atoms with E-state index in [2.05, 4.69) is 35.2 Å². The van der Waals surface area contributed by atoms with E-state index in [1.807, 2.05) is 49.4 Å². The molecule has 0 spiro atoms. The zero-order valence-corrected chi connectivity index (χ0v) is 20.6. The van der Waals surface area contributed by atoms with Crippen molar-refractivity contribution in [1.29, 1.82) is 0 Å². The molecule has 0 amide bonds. The molecule has 1 heterocycles. The van der Waals surface area contributed by atoms with Crippen LogP contribution in [0.5, 0.6) is 5.75 Å². The van der Waals surface area contributed by atoms with Gasteiger partial charge in [-0.25, -0.2) is 0 Å². The number of rotatable bonds is 12. The van der Waals surface area contributed by atoms with Crippen molar-refractivity contribution in [2.24, 2.45) is 5.92 Å². The van der Waals surface area contributed by atoms with Crippen molar-refractivity contribution >= 4 is 17.6 Å². The minimum atomic E-state index is -0.779. The molecule has 2 aromatic carbocycles. The van der Waals surface area contributed by atoms with Crippen molar-refractivity contribution < 1.29 is 14.6 Å². The summed E-state index contributed by atoms with van der Waals surface area (Å²) in [6.45, 7) is 5.69. The molecule has 0 aromatic heterocycles. The summed E-state index contributed by atoms with van der Waals surface area (Å²) in [5.74, 6) is 0.652. The van der Waals surface area contributed by atoms with Crippen molar-refractivity contribution in [3.8, 4) is 5.75 Å². The standard InChI is InChI=1S/C29H34ClNO3/c1-2-3-4-5-26(19-30)18-27-16-17-31(21-27)20-24-6-8-25(9-7-24)22-34-28-13-10-23(11-14-28)12-15-29(32)33/h2-11,13-14,19,27H,12,15-18,20-22H2,1H3,(H,32,33)/b3-2-,5-4-,26-19-. The fraction of sp³-hybridized carbons (Fsp3) is 0.345. The molecule has 0 saturated carbocycles. The first kappa shape index (κ1) is 25.8. The summed E-state index contributed by atoms with van der Waals surface area (Å²) >= 11 is 6.02. The zero-order valence-electron chi connectivity index (χ0n) is 19.8. The van der Waals surface area contributed by atoms with E-state index < -0.39 is 5.97 Å². The third-order valence-corrected chi connectivity index (χ3v) is 6.31. The van der Waals surface area contributed by atoms with E-state index in [0.29, 0.717) is 18.9 Å². The molecule has 1 N–H and O–H groups in total. The summed E-state index contributed by atoms with van der Waals surface area (Å²) in [5, 5.41) is 8.79. The van der Waals surface area contributed by atoms with Crippen LogP contribution in [0.3, 0.4) is 0 Å². The highest BCUT2D eigenvalue weighted by molar-refractivity contribution is 6.25. The highest BCUT2D eigenvalue weighted by atomic mass is 35.5. The molecule has 1 atom stereocenters. The molecular weight excluding hydrogens is 446 g/mol. The van der Waals surface area contributed by atoms with Crippen molar-refractivity contribution in [2.75, 3.05) is 13.1 Å². The van der Waals surface area contributed by atoms with E-state index in [1.54, 1.807) is 5.54 Å². The van der Waals surface area contributed by atoms with Gasteiger partial charge in [-0.05, 0) is 73.0 Å². The third-order valence-electron chi connectivity index (χ3n) is 6.03. The molecule has 1 fully saturated rings. The first-order valence-corrected chi connectivity index (χ1v) is 12.3. The summed E-state index contributed by atoms with van der Waals surface area (Å²) in [7, 11) is 0. The molecule has 2 aromatic rings. The number of halogens is 1. The number of ether oxygens (including phenoxy) is 1. The van der Waals surface area contributed by atoms with Crippen LogP contribution in [-0.2, 0) is 24.4 Å². The minimum absolute atomic E-state index is 0.143. The number of carboxylic acids is 1. The number of aliphatic carboxylic acids is 1. The second kappa shape index (κ2) is 13.8. The summed E-state index contributed by atoms with van der Waals surface area (Å²) < 4.78 is 5.89. The molecule has 4 nitrogen and oxygen atoms in total. The second-order valence-electron chi connectivity index (χ2n) is 8.81. The Morgan fingerprint density at radius 3 is 2.47 bits per heavy atom. The molecule has 0 radical (unpaired) electrons. The van der Waals surface area contributed by atoms with E-state index in [1.165, 1.54) is 17.6 Å². The maximum absolute atomic E-state index is 10.7. The Morgan fingerprint density at radius 2 is 1.79 bits per heavy atom. The highest BCUT2D eigenvalue weighted by Crippen LogP contribution is 2.26. The number of likely N-dealkylation sites (tertiary alicyclic amines) is 1. The van der Waals surface area contributed by atoms with Gasteiger partial charge in [-0.2, -0.15) is 0 Å². The number of carboxylic acid groups (broad SMARTS) is 1. The predicted octanol–water partition coefficient (Wildman–Crippen LogP) is 6.75. The summed E-state index contributed by atoms with van der Waals surface area (Å²) in [4.78, 5) is 13.2. The number of allylic oxidation sites excluding steroid dienone is 5. The number of nitrogens with zero attached hydrogens (tertiary/aromatic N) is 1. The molecule has 0 bridgehead atoms. The van der Waals surface area contributed by atoms with Crippen LogP contribution in [-0.4, -0.2) is 29.1 Å². The first-order chi connectivity index (χ1) is 16.6. The number of aryl methyl sites for hydroxylation is 1. The largest absolute Gasteiger partial charge is 0.489 e. The lowest BCUT2D eigenvalue weighted by atomic mass is 9.99. The topological polar surface area (TPSA) is 49.8 Å². The Balaban J connectivity index is 1.42. The van der Waals surface area contributed by atoms with Crippen molar-refractivity contribution in [3.05, 3.63) is 101 Å². The van der Waals surface area contributed by atoms with Crippen molar-refractivity contribution in [3.63, 3.8) is 0 Å². The zero-order chi connectivity index (χ0) is 24.2. The normalized spacial score (nSPS) is 17.1. The van der Waals surface area contributed by atoms with Gasteiger partial charge in [0.1, 0.15) is 12.4 Å². The van der Waals surface area contributed by atoms with E-state index in [9.17, 15) is 4.79 Å². The summed E-state index contributed by atoms with van der Waals surface area (Å²) in [5.41, 5.74) is 6.34. The number of benzene rings is 2. The van der Waals surface area contributed by atoms with Gasteiger partial charge in [0, 0.05) is 25.0 Å². The number of carbonyl (C=O) groups is 1. The highest BCUT2D eigenvalue weighted by Gasteiger charge is 2.22. The van der Waals surface area contributed by atoms with Crippen LogP contribution in [0.1, 0.15) is 42.9 Å². The van der Waals surface area contributed by atoms with Crippen LogP contribution in [0.2, 0.25) is 0 Å². The predicted molar refractivity (Wildman–Crippen MR) is 139 cm³/mol. The molecule has 1 unspecified atom stereocenters. The van der Waals surface area contributed by atoms with Gasteiger partial charge in [0.15, 0.2) is 0 Å². The van der Waals surface area contributed by atoms with Gasteiger partial charge in [-0.15, -0.1) is 0 Å². The lowest BCUT2D eigenvalue weighted by Gasteiger charge is -2.16. The molecular formula is C29H34ClNO3. The molecule has 180 valence electrons. The van der Waals surface area contributed by atoms with E-state index in [-0.39, 0.29) is 6.42 Å². The van der Waals surface area contributed by atoms with Crippen LogP contribution in [0.25, 0.3) is 0 Å². The first-order valence-electron chi connectivity index (χ1n) is 11.9. The number of hydrogen-bond acceptors (Lipinski definition) is 3. The van der Waals surface area contributed by atoms with Crippen molar-refractivity contribution in [1.82, 2.24) is 4.90 Å². The average Bonchev–Trinajstić information content (AvgIpc) is 3.29. The van der Waals surface area contributed by atoms with Gasteiger partial charge >= 0.3 is 5.97 Å². The Kier molecular flexibility index (Phi) is 10.5. The van der Waals surface area contributed by atoms with E-state index in [4.69, 9.17) is 21.4 Å². The molecule has 1 aliphatic rings. The lowest BCUT2D eigenvalue weighted by Crippen LogP contribution is -2.20. The smallest absolute Gasteiger partial charge is 0.303 e. The number of hydrogen-bond donors (Lipinski definition) is 1. The molecule has 1 saturated heterocycles. The van der Waals surface area contributed by atoms with Gasteiger partial charge in [0.25, 0.3) is 0 Å². The monoisotopic (exact) mass is 479 g/mol. The summed E-state index contributed by atoms with van der Waals surface area (Å²) in [6.07, 6.45) is 11.1. The van der Waals surface area contributed by atoms with Crippen LogP contribution in [0.4, 0.5) is 0 Å². The second-order valence-corrected chi connectivity index (χ2v) is 9.02. The maximum atomic E-state index is 10.7. The maximum Gasteiger partial charge on any atom is 0.303 e. The lowest BCUT2D eigenvalue weighted by molar-refractivity contribution is -0.136. The molecule has 3 rings (SSSR count). The Morgan fingerprint density at radius 1 is 1.09 bits per heavy atom. The fourth-order valence-electron chi connectivity index (χ4n) is 4.17. The minimum Gasteiger partial charge on any atom is -0.489 e. The Labute approximate surface area is 208 Å². The van der Waals surface area contributed by atoms with Crippen LogP contribution >= 0.6 is 11.6 Å². The average molecular weight is 480 g/mol. The third kappa shape index (κ3) is 8.85. The van der Waals surface area contributed by atoms with E-state index >= 15 is 0 Å².